The zero-order chi connectivity index (χ0) is 29.8. The highest BCUT2D eigenvalue weighted by Crippen LogP contribution is 2.37. The monoisotopic (exact) mass is 604 g/mol. The van der Waals surface area contributed by atoms with E-state index in [9.17, 15) is 9.59 Å². The molecule has 2 aromatic heterocycles. The molecule has 8 heteroatoms. The molecule has 0 bridgehead atoms. The van der Waals surface area contributed by atoms with Crippen LogP contribution in [0.15, 0.2) is 97.3 Å². The van der Waals surface area contributed by atoms with Gasteiger partial charge in [-0.3, -0.25) is 14.6 Å². The molecule has 1 fully saturated rings. The normalized spacial score (nSPS) is 16.4. The number of nitrogens with zero attached hydrogens (tertiary/aromatic N) is 3. The Hall–Kier alpha value is -4.51. The molecule has 1 N–H and O–H groups in total. The highest BCUT2D eigenvalue weighted by Gasteiger charge is 2.32. The number of halogens is 1. The van der Waals surface area contributed by atoms with Crippen LogP contribution in [0, 0.1) is 11.3 Å². The minimum atomic E-state index is -0.147. The number of aromatic nitrogens is 1. The minimum Gasteiger partial charge on any atom is -0.349 e. The SMILES string of the molecule is N#Cc1ccc(C(=O)NC2CCC(N(Cc3cccc(-c4ccncc4)c3)C(=O)c3sc4ccccc4c3Cl)CC2)cc1. The Balaban J connectivity index is 1.22. The second-order valence-corrected chi connectivity index (χ2v) is 12.2. The molecule has 1 aliphatic carbocycles. The summed E-state index contributed by atoms with van der Waals surface area (Å²) in [6.45, 7) is 0.454. The van der Waals surface area contributed by atoms with Crippen molar-refractivity contribution in [3.8, 4) is 17.2 Å². The van der Waals surface area contributed by atoms with E-state index in [2.05, 4.69) is 34.6 Å². The second kappa shape index (κ2) is 12.8. The van der Waals surface area contributed by atoms with Gasteiger partial charge in [0.05, 0.1) is 16.7 Å². The lowest BCUT2D eigenvalue weighted by Crippen LogP contribution is -2.45. The fourth-order valence-corrected chi connectivity index (χ4v) is 7.20. The van der Waals surface area contributed by atoms with Crippen LogP contribution in [-0.2, 0) is 6.54 Å². The van der Waals surface area contributed by atoms with Crippen molar-refractivity contribution in [1.82, 2.24) is 15.2 Å². The third kappa shape index (κ3) is 6.31. The molecule has 0 spiro atoms. The van der Waals surface area contributed by atoms with Crippen molar-refractivity contribution < 1.29 is 9.59 Å². The maximum absolute atomic E-state index is 14.2. The summed E-state index contributed by atoms with van der Waals surface area (Å²) < 4.78 is 0.990. The Labute approximate surface area is 259 Å². The first-order valence-electron chi connectivity index (χ1n) is 14.3. The summed E-state index contributed by atoms with van der Waals surface area (Å²) in [5, 5.41) is 13.6. The first kappa shape index (κ1) is 28.6. The number of nitriles is 1. The first-order chi connectivity index (χ1) is 21.0. The highest BCUT2D eigenvalue weighted by molar-refractivity contribution is 7.21. The summed E-state index contributed by atoms with van der Waals surface area (Å²) in [4.78, 5) is 33.8. The molecule has 214 valence electrons. The van der Waals surface area contributed by atoms with Crippen molar-refractivity contribution >= 4 is 44.8 Å². The highest BCUT2D eigenvalue weighted by atomic mass is 35.5. The molecule has 0 radical (unpaired) electrons. The molecule has 2 amide bonds. The number of pyridine rings is 1. The molecular weight excluding hydrogens is 576 g/mol. The molecule has 5 aromatic rings. The lowest BCUT2D eigenvalue weighted by atomic mass is 9.89. The van der Waals surface area contributed by atoms with E-state index in [1.54, 1.807) is 36.7 Å². The fourth-order valence-electron chi connectivity index (χ4n) is 5.74. The van der Waals surface area contributed by atoms with Gasteiger partial charge in [0.25, 0.3) is 11.8 Å². The number of carbonyl (C=O) groups excluding carboxylic acids is 2. The number of amides is 2. The van der Waals surface area contributed by atoms with Crippen LogP contribution in [0.1, 0.15) is 56.8 Å². The zero-order valence-corrected chi connectivity index (χ0v) is 24.9. The average Bonchev–Trinajstić information content (AvgIpc) is 3.40. The van der Waals surface area contributed by atoms with Crippen LogP contribution in [0.3, 0.4) is 0 Å². The van der Waals surface area contributed by atoms with E-state index in [0.717, 1.165) is 52.5 Å². The van der Waals surface area contributed by atoms with Crippen molar-refractivity contribution in [3.63, 3.8) is 0 Å². The van der Waals surface area contributed by atoms with Gasteiger partial charge in [-0.1, -0.05) is 48.0 Å². The van der Waals surface area contributed by atoms with Gasteiger partial charge in [-0.25, -0.2) is 0 Å². The van der Waals surface area contributed by atoms with Gasteiger partial charge in [-0.15, -0.1) is 11.3 Å². The standard InChI is InChI=1S/C35H29ClN4O2S/c36-32-30-6-1-2-7-31(30)43-33(32)35(42)40(22-24-4-3-5-27(20-24)25-16-18-38-19-17-25)29-14-12-28(13-15-29)39-34(41)26-10-8-23(21-37)9-11-26/h1-11,16-20,28-29H,12-15,22H2,(H,39,41). The Morgan fingerprint density at radius 2 is 1.67 bits per heavy atom. The summed E-state index contributed by atoms with van der Waals surface area (Å²) in [7, 11) is 0. The lowest BCUT2D eigenvalue weighted by Gasteiger charge is -2.37. The van der Waals surface area contributed by atoms with Crippen LogP contribution >= 0.6 is 22.9 Å². The summed E-state index contributed by atoms with van der Waals surface area (Å²) in [6, 6.07) is 28.8. The fraction of sp³-hybridized carbons (Fsp3) is 0.200. The average molecular weight is 605 g/mol. The van der Waals surface area contributed by atoms with E-state index in [1.807, 2.05) is 47.4 Å². The van der Waals surface area contributed by atoms with E-state index >= 15 is 0 Å². The molecular formula is C35H29ClN4O2S. The zero-order valence-electron chi connectivity index (χ0n) is 23.4. The van der Waals surface area contributed by atoms with Gasteiger partial charge >= 0.3 is 0 Å². The van der Waals surface area contributed by atoms with Crippen LogP contribution in [-0.4, -0.2) is 33.8 Å². The molecule has 0 saturated heterocycles. The second-order valence-electron chi connectivity index (χ2n) is 10.8. The predicted molar refractivity (Wildman–Crippen MR) is 171 cm³/mol. The molecule has 0 unspecified atom stereocenters. The largest absolute Gasteiger partial charge is 0.349 e. The lowest BCUT2D eigenvalue weighted by molar-refractivity contribution is 0.0597. The maximum atomic E-state index is 14.2. The van der Waals surface area contributed by atoms with Crippen LogP contribution in [0.2, 0.25) is 5.02 Å². The van der Waals surface area contributed by atoms with Crippen molar-refractivity contribution in [2.24, 2.45) is 0 Å². The first-order valence-corrected chi connectivity index (χ1v) is 15.5. The van der Waals surface area contributed by atoms with Crippen LogP contribution < -0.4 is 5.32 Å². The third-order valence-corrected chi connectivity index (χ3v) is 9.70. The molecule has 1 aliphatic rings. The summed E-state index contributed by atoms with van der Waals surface area (Å²) >= 11 is 8.23. The quantitative estimate of drug-likeness (QED) is 0.205. The predicted octanol–water partition coefficient (Wildman–Crippen LogP) is 7.87. The van der Waals surface area contributed by atoms with Crippen molar-refractivity contribution in [2.75, 3.05) is 0 Å². The van der Waals surface area contributed by atoms with Gasteiger partial charge in [0.15, 0.2) is 0 Å². The number of fused-ring (bicyclic) bond motifs is 1. The number of nitrogens with one attached hydrogen (secondary N) is 1. The Bertz CT molecular complexity index is 1810. The number of hydrogen-bond donors (Lipinski definition) is 1. The van der Waals surface area contributed by atoms with Crippen molar-refractivity contribution in [2.45, 2.75) is 44.3 Å². The van der Waals surface area contributed by atoms with Crippen LogP contribution in [0.25, 0.3) is 21.2 Å². The van der Waals surface area contributed by atoms with E-state index in [4.69, 9.17) is 16.9 Å². The van der Waals surface area contributed by atoms with Gasteiger partial charge in [0.1, 0.15) is 4.88 Å². The van der Waals surface area contributed by atoms with Crippen LogP contribution in [0.5, 0.6) is 0 Å². The molecule has 6 nitrogen and oxygen atoms in total. The molecule has 43 heavy (non-hydrogen) atoms. The van der Waals surface area contributed by atoms with Gasteiger partial charge in [-0.05, 0) is 90.9 Å². The molecule has 6 rings (SSSR count). The molecule has 3 aromatic carbocycles. The number of hydrogen-bond acceptors (Lipinski definition) is 5. The summed E-state index contributed by atoms with van der Waals surface area (Å²) in [5.74, 6) is -0.212. The molecule has 0 aliphatic heterocycles. The minimum absolute atomic E-state index is 0.00132. The van der Waals surface area contributed by atoms with Gasteiger partial charge in [0, 0.05) is 46.7 Å². The Kier molecular flexibility index (Phi) is 8.50. The Morgan fingerprint density at radius 1 is 0.930 bits per heavy atom. The smallest absolute Gasteiger partial charge is 0.266 e. The Morgan fingerprint density at radius 3 is 2.40 bits per heavy atom. The molecule has 1 saturated carbocycles. The number of carbonyl (C=O) groups is 2. The van der Waals surface area contributed by atoms with Crippen molar-refractivity contribution in [1.29, 1.82) is 5.26 Å². The van der Waals surface area contributed by atoms with Gasteiger partial charge in [0.2, 0.25) is 0 Å². The third-order valence-electron chi connectivity index (χ3n) is 8.03. The topological polar surface area (TPSA) is 86.1 Å². The summed E-state index contributed by atoms with van der Waals surface area (Å²) in [5.41, 5.74) is 4.23. The van der Waals surface area contributed by atoms with Crippen LogP contribution in [0.4, 0.5) is 0 Å². The summed E-state index contributed by atoms with van der Waals surface area (Å²) in [6.07, 6.45) is 6.59. The van der Waals surface area contributed by atoms with E-state index < -0.39 is 0 Å². The van der Waals surface area contributed by atoms with Crippen molar-refractivity contribution in [3.05, 3.63) is 124 Å². The van der Waals surface area contributed by atoms with Gasteiger partial charge in [-0.2, -0.15) is 5.26 Å². The van der Waals surface area contributed by atoms with E-state index in [1.165, 1.54) is 11.3 Å². The van der Waals surface area contributed by atoms with E-state index in [0.29, 0.717) is 27.6 Å². The number of thiophene rings is 1. The van der Waals surface area contributed by atoms with E-state index in [-0.39, 0.29) is 23.9 Å². The molecule has 0 atom stereocenters. The van der Waals surface area contributed by atoms with Gasteiger partial charge < -0.3 is 10.2 Å². The number of rotatable bonds is 7. The molecule has 2 heterocycles. The number of benzene rings is 3. The maximum Gasteiger partial charge on any atom is 0.266 e.